The largest absolute Gasteiger partial charge is 1.00 e. The fraction of sp³-hybridized carbons (Fsp3) is 0.333. The van der Waals surface area contributed by atoms with Crippen molar-refractivity contribution in [2.45, 2.75) is 59.8 Å². The molecule has 0 heterocycles. The molecule has 2 heteroatoms. The molecule has 0 unspecified atom stereocenters. The van der Waals surface area contributed by atoms with Crippen molar-refractivity contribution in [1.29, 1.82) is 0 Å². The van der Waals surface area contributed by atoms with E-state index in [1.165, 1.54) is 40.7 Å². The lowest BCUT2D eigenvalue weighted by atomic mass is 10.0. The maximum Gasteiger partial charge on any atom is 0.115 e. The minimum absolute atomic E-state index is 0. The summed E-state index contributed by atoms with van der Waals surface area (Å²) in [5.74, 6) is 0.806. The molecule has 0 aliphatic heterocycles. The van der Waals surface area contributed by atoms with E-state index >= 15 is 0 Å². The average Bonchev–Trinajstić information content (AvgIpc) is 2.86. The molecule has 0 nitrogen and oxygen atoms in total. The highest BCUT2D eigenvalue weighted by atomic mass is 35.5. The van der Waals surface area contributed by atoms with Crippen LogP contribution in [0.1, 0.15) is 59.8 Å². The van der Waals surface area contributed by atoms with Gasteiger partial charge in [-0.2, -0.15) is 0 Å². The molecular weight excluding hydrogens is 463 g/mol. The highest BCUT2D eigenvalue weighted by Crippen LogP contribution is 2.55. The molecule has 3 rings (SSSR count). The lowest BCUT2D eigenvalue weighted by Crippen LogP contribution is -3.00. The zero-order chi connectivity index (χ0) is 24.2. The van der Waals surface area contributed by atoms with Crippen LogP contribution in [0.2, 0.25) is 0 Å². The van der Waals surface area contributed by atoms with Gasteiger partial charge in [-0.25, -0.2) is 0 Å². The van der Waals surface area contributed by atoms with E-state index in [2.05, 4.69) is 131 Å². The third-order valence-corrected chi connectivity index (χ3v) is 11.0. The summed E-state index contributed by atoms with van der Waals surface area (Å²) < 4.78 is 0. The molecule has 0 spiro atoms. The topological polar surface area (TPSA) is 0 Å². The molecule has 0 saturated carbocycles. The predicted molar refractivity (Wildman–Crippen MR) is 155 cm³/mol. The molecule has 0 radical (unpaired) electrons. The molecule has 0 N–H and O–H groups in total. The van der Waals surface area contributed by atoms with Crippen LogP contribution in [0.5, 0.6) is 0 Å². The summed E-state index contributed by atoms with van der Waals surface area (Å²) in [4.78, 5) is 0. The van der Waals surface area contributed by atoms with Gasteiger partial charge in [-0.3, -0.25) is 0 Å². The van der Waals surface area contributed by atoms with Crippen molar-refractivity contribution in [1.82, 2.24) is 0 Å². The Kier molecular flexibility index (Phi) is 12.5. The number of hydrogen-bond donors (Lipinski definition) is 0. The van der Waals surface area contributed by atoms with Gasteiger partial charge in [0, 0.05) is 0 Å². The first-order chi connectivity index (χ1) is 16.5. The fourth-order valence-electron chi connectivity index (χ4n) is 4.64. The number of hydrogen-bond acceptors (Lipinski definition) is 0. The molecule has 3 aromatic carbocycles. The number of halogens is 1. The molecular formula is C33H42ClP. The standard InChI is InChI=1S/C33H42P.ClH/c1-28(2)16-14-17-29(3)18-15-19-30(4)26-27-34(31-20-8-5-9-21-31,32-22-10-6-11-23-32)33-24-12-7-13-25-33;/h5-13,18,20-26,28H,14-17,19,27H2,1-4H3;1H/q+1;/p-1/b29-18+,30-26+;. The number of rotatable bonds is 12. The van der Waals surface area contributed by atoms with Crippen molar-refractivity contribution in [2.75, 3.05) is 6.16 Å². The van der Waals surface area contributed by atoms with E-state index < -0.39 is 7.26 Å². The molecule has 0 fully saturated rings. The van der Waals surface area contributed by atoms with Gasteiger partial charge in [0.1, 0.15) is 23.2 Å². The molecule has 186 valence electrons. The van der Waals surface area contributed by atoms with E-state index in [0.29, 0.717) is 0 Å². The second-order valence-corrected chi connectivity index (χ2v) is 13.5. The SMILES string of the molecule is C/C(=C\C[P+](c1ccccc1)(c1ccccc1)c1ccccc1)CC/C=C(\C)CCCC(C)C.[Cl-]. The zero-order valence-corrected chi connectivity index (χ0v) is 23.6. The molecule has 3 aromatic rings. The third-order valence-electron chi connectivity index (χ3n) is 6.69. The second kappa shape index (κ2) is 15.1. The van der Waals surface area contributed by atoms with Crippen LogP contribution in [0.3, 0.4) is 0 Å². The molecule has 35 heavy (non-hydrogen) atoms. The van der Waals surface area contributed by atoms with Gasteiger partial charge in [0.2, 0.25) is 0 Å². The average molecular weight is 505 g/mol. The minimum Gasteiger partial charge on any atom is -1.00 e. The molecule has 0 atom stereocenters. The van der Waals surface area contributed by atoms with E-state index in [9.17, 15) is 0 Å². The van der Waals surface area contributed by atoms with E-state index in [4.69, 9.17) is 0 Å². The van der Waals surface area contributed by atoms with Crippen LogP contribution in [0.15, 0.2) is 114 Å². The van der Waals surface area contributed by atoms with E-state index in [0.717, 1.165) is 24.9 Å². The number of benzene rings is 3. The van der Waals surface area contributed by atoms with Gasteiger partial charge in [-0.15, -0.1) is 0 Å². The normalized spacial score (nSPS) is 12.5. The summed E-state index contributed by atoms with van der Waals surface area (Å²) in [6.07, 6.45) is 12.2. The fourth-order valence-corrected chi connectivity index (χ4v) is 8.80. The summed E-state index contributed by atoms with van der Waals surface area (Å²) in [5.41, 5.74) is 3.05. The lowest BCUT2D eigenvalue weighted by Gasteiger charge is -2.27. The third kappa shape index (κ3) is 8.49. The highest BCUT2D eigenvalue weighted by molar-refractivity contribution is 7.95. The molecule has 0 aliphatic carbocycles. The van der Waals surface area contributed by atoms with Crippen LogP contribution < -0.4 is 28.3 Å². The predicted octanol–water partition coefficient (Wildman–Crippen LogP) is 5.48. The maximum atomic E-state index is 2.53. The van der Waals surface area contributed by atoms with Crippen LogP contribution in [0, 0.1) is 5.92 Å². The van der Waals surface area contributed by atoms with Gasteiger partial charge in [-0.1, -0.05) is 92.1 Å². The Morgan fingerprint density at radius 3 is 1.51 bits per heavy atom. The van der Waals surface area contributed by atoms with Crippen molar-refractivity contribution >= 4 is 23.2 Å². The van der Waals surface area contributed by atoms with Gasteiger partial charge in [0.25, 0.3) is 0 Å². The van der Waals surface area contributed by atoms with Crippen LogP contribution in [0.25, 0.3) is 0 Å². The van der Waals surface area contributed by atoms with Crippen molar-refractivity contribution in [3.63, 3.8) is 0 Å². The first-order valence-corrected chi connectivity index (χ1v) is 14.9. The minimum atomic E-state index is -1.77. The van der Waals surface area contributed by atoms with Crippen molar-refractivity contribution in [3.05, 3.63) is 114 Å². The van der Waals surface area contributed by atoms with Gasteiger partial charge in [0.15, 0.2) is 0 Å². The Morgan fingerprint density at radius 1 is 0.657 bits per heavy atom. The van der Waals surface area contributed by atoms with Crippen molar-refractivity contribution in [2.24, 2.45) is 5.92 Å². The van der Waals surface area contributed by atoms with Gasteiger partial charge in [0.05, 0.1) is 6.16 Å². The molecule has 0 amide bonds. The van der Waals surface area contributed by atoms with Crippen LogP contribution in [0.4, 0.5) is 0 Å². The van der Waals surface area contributed by atoms with Crippen molar-refractivity contribution < 1.29 is 12.4 Å². The Labute approximate surface area is 221 Å². The van der Waals surface area contributed by atoms with E-state index in [1.54, 1.807) is 5.57 Å². The van der Waals surface area contributed by atoms with Crippen molar-refractivity contribution in [3.8, 4) is 0 Å². The summed E-state index contributed by atoms with van der Waals surface area (Å²) in [5, 5.41) is 4.37. The zero-order valence-electron chi connectivity index (χ0n) is 22.0. The smallest absolute Gasteiger partial charge is 0.115 e. The molecule has 0 aromatic heterocycles. The first-order valence-electron chi connectivity index (χ1n) is 12.9. The Hall–Kier alpha value is -2.14. The summed E-state index contributed by atoms with van der Waals surface area (Å²) >= 11 is 0. The quantitative estimate of drug-likeness (QED) is 0.226. The maximum absolute atomic E-state index is 2.53. The number of allylic oxidation sites excluding steroid dienone is 4. The highest BCUT2D eigenvalue weighted by Gasteiger charge is 2.44. The van der Waals surface area contributed by atoms with E-state index in [1.807, 2.05) is 0 Å². The summed E-state index contributed by atoms with van der Waals surface area (Å²) in [7, 11) is -1.77. The Bertz CT molecular complexity index is 940. The molecule has 0 bridgehead atoms. The first kappa shape index (κ1) is 29.1. The van der Waals surface area contributed by atoms with E-state index in [-0.39, 0.29) is 12.4 Å². The van der Waals surface area contributed by atoms with Gasteiger partial charge in [-0.05, 0) is 87.9 Å². The van der Waals surface area contributed by atoms with Crippen LogP contribution in [-0.4, -0.2) is 6.16 Å². The second-order valence-electron chi connectivity index (χ2n) is 9.92. The summed E-state index contributed by atoms with van der Waals surface area (Å²) in [6.45, 7) is 9.25. The lowest BCUT2D eigenvalue weighted by molar-refractivity contribution is -0.00000719. The monoisotopic (exact) mass is 504 g/mol. The van der Waals surface area contributed by atoms with Crippen LogP contribution in [-0.2, 0) is 0 Å². The van der Waals surface area contributed by atoms with Gasteiger partial charge >= 0.3 is 0 Å². The van der Waals surface area contributed by atoms with Crippen LogP contribution >= 0.6 is 7.26 Å². The summed E-state index contributed by atoms with van der Waals surface area (Å²) in [6, 6.07) is 33.6. The molecule has 0 aliphatic rings. The Balaban J connectivity index is 0.00000432. The van der Waals surface area contributed by atoms with Gasteiger partial charge < -0.3 is 12.4 Å². The molecule has 0 saturated heterocycles. The Morgan fingerprint density at radius 2 is 1.09 bits per heavy atom.